The molecule has 2 atom stereocenters. The van der Waals surface area contributed by atoms with E-state index in [-0.39, 0.29) is 0 Å². The summed E-state index contributed by atoms with van der Waals surface area (Å²) in [5.74, 6) is 0.827. The fourth-order valence-corrected chi connectivity index (χ4v) is 5.12. The monoisotopic (exact) mass is 325 g/mol. The fourth-order valence-electron chi connectivity index (χ4n) is 3.10. The van der Waals surface area contributed by atoms with Crippen LogP contribution < -0.4 is 5.32 Å². The molecule has 4 heteroatoms. The minimum Gasteiger partial charge on any atom is -0.302 e. The first-order chi connectivity index (χ1) is 9.74. The van der Waals surface area contributed by atoms with Crippen LogP contribution in [0.5, 0.6) is 0 Å². The molecule has 2 aromatic heterocycles. The molecule has 3 rings (SSSR count). The number of halogens is 1. The molecule has 1 N–H and O–H groups in total. The van der Waals surface area contributed by atoms with Gasteiger partial charge in [-0.05, 0) is 49.3 Å². The third kappa shape index (κ3) is 3.28. The lowest BCUT2D eigenvalue weighted by atomic mass is 9.98. The zero-order chi connectivity index (χ0) is 13.9. The van der Waals surface area contributed by atoms with Gasteiger partial charge in [-0.3, -0.25) is 0 Å². The summed E-state index contributed by atoms with van der Waals surface area (Å²) in [6, 6.07) is 9.37. The van der Waals surface area contributed by atoms with E-state index in [4.69, 9.17) is 11.6 Å². The van der Waals surface area contributed by atoms with Gasteiger partial charge in [-0.2, -0.15) is 0 Å². The molecule has 1 nitrogen and oxygen atoms in total. The lowest BCUT2D eigenvalue weighted by Crippen LogP contribution is -2.35. The fraction of sp³-hybridized carbons (Fsp3) is 0.500. The molecule has 2 heterocycles. The zero-order valence-electron chi connectivity index (χ0n) is 11.6. The summed E-state index contributed by atoms with van der Waals surface area (Å²) in [6.07, 6.45) is 5.53. The molecule has 0 radical (unpaired) electrons. The van der Waals surface area contributed by atoms with E-state index in [2.05, 4.69) is 35.8 Å². The van der Waals surface area contributed by atoms with Gasteiger partial charge in [0, 0.05) is 15.8 Å². The molecule has 0 aliphatic heterocycles. The number of thiophene rings is 2. The van der Waals surface area contributed by atoms with Crippen LogP contribution in [0.15, 0.2) is 29.6 Å². The van der Waals surface area contributed by atoms with E-state index in [0.29, 0.717) is 12.1 Å². The number of hydrogen-bond acceptors (Lipinski definition) is 3. The average molecular weight is 326 g/mol. The molecule has 2 aromatic rings. The smallest absolute Gasteiger partial charge is 0.0931 e. The van der Waals surface area contributed by atoms with Crippen LogP contribution in [0.1, 0.15) is 48.4 Å². The van der Waals surface area contributed by atoms with Crippen molar-refractivity contribution in [1.82, 2.24) is 5.32 Å². The quantitative estimate of drug-likeness (QED) is 0.741. The number of rotatable bonds is 5. The highest BCUT2D eigenvalue weighted by atomic mass is 35.5. The maximum absolute atomic E-state index is 6.12. The van der Waals surface area contributed by atoms with Crippen molar-refractivity contribution in [2.45, 2.75) is 44.7 Å². The first kappa shape index (κ1) is 14.6. The normalized spacial score (nSPS) is 19.3. The maximum atomic E-state index is 6.12. The van der Waals surface area contributed by atoms with E-state index in [0.717, 1.165) is 10.3 Å². The molecule has 2 unspecified atom stereocenters. The first-order valence-electron chi connectivity index (χ1n) is 7.28. The first-order valence-corrected chi connectivity index (χ1v) is 9.36. The maximum Gasteiger partial charge on any atom is 0.0931 e. The van der Waals surface area contributed by atoms with Crippen LogP contribution in [-0.4, -0.2) is 6.04 Å². The lowest BCUT2D eigenvalue weighted by Gasteiger charge is -2.26. The highest BCUT2D eigenvalue weighted by Crippen LogP contribution is 2.35. The SMILES string of the molecule is CC(NC(c1cccs1)c1ccc(Cl)s1)C1CCCC1. The topological polar surface area (TPSA) is 12.0 Å². The number of nitrogens with one attached hydrogen (secondary N) is 1. The molecule has 1 aliphatic rings. The molecular weight excluding hydrogens is 306 g/mol. The minimum atomic E-state index is 0.295. The Morgan fingerprint density at radius 2 is 2.00 bits per heavy atom. The molecule has 108 valence electrons. The van der Waals surface area contributed by atoms with Gasteiger partial charge < -0.3 is 5.32 Å². The van der Waals surface area contributed by atoms with E-state index in [1.807, 2.05) is 17.4 Å². The Bertz CT molecular complexity index is 528. The van der Waals surface area contributed by atoms with Crippen molar-refractivity contribution >= 4 is 34.3 Å². The Balaban J connectivity index is 1.79. The van der Waals surface area contributed by atoms with Crippen molar-refractivity contribution < 1.29 is 0 Å². The Morgan fingerprint density at radius 1 is 1.20 bits per heavy atom. The number of hydrogen-bond donors (Lipinski definition) is 1. The Kier molecular flexibility index (Phi) is 4.82. The molecule has 0 aromatic carbocycles. The second-order valence-corrected chi connectivity index (χ2v) is 8.32. The Hall–Kier alpha value is -0.350. The van der Waals surface area contributed by atoms with Crippen LogP contribution in [0.2, 0.25) is 4.34 Å². The summed E-state index contributed by atoms with van der Waals surface area (Å²) >= 11 is 9.63. The lowest BCUT2D eigenvalue weighted by molar-refractivity contribution is 0.364. The van der Waals surface area contributed by atoms with Crippen LogP contribution in [0, 0.1) is 5.92 Å². The zero-order valence-corrected chi connectivity index (χ0v) is 14.0. The Labute approximate surface area is 134 Å². The summed E-state index contributed by atoms with van der Waals surface area (Å²) < 4.78 is 0.872. The predicted molar refractivity (Wildman–Crippen MR) is 90.0 cm³/mol. The van der Waals surface area contributed by atoms with Gasteiger partial charge >= 0.3 is 0 Å². The summed E-state index contributed by atoms with van der Waals surface area (Å²) in [5.41, 5.74) is 0. The van der Waals surface area contributed by atoms with Crippen molar-refractivity contribution in [3.05, 3.63) is 43.7 Å². The molecule has 1 aliphatic carbocycles. The molecular formula is C16H20ClNS2. The third-order valence-electron chi connectivity index (χ3n) is 4.24. The van der Waals surface area contributed by atoms with Gasteiger partial charge in [0.2, 0.25) is 0 Å². The van der Waals surface area contributed by atoms with Gasteiger partial charge in [0.05, 0.1) is 10.4 Å². The molecule has 1 saturated carbocycles. The standard InChI is InChI=1S/C16H20ClNS2/c1-11(12-5-2-3-6-12)18-16(13-7-4-10-19-13)14-8-9-15(17)20-14/h4,7-12,16,18H,2-3,5-6H2,1H3. The highest BCUT2D eigenvalue weighted by molar-refractivity contribution is 7.16. The van der Waals surface area contributed by atoms with E-state index in [1.54, 1.807) is 11.3 Å². The van der Waals surface area contributed by atoms with E-state index in [9.17, 15) is 0 Å². The molecule has 1 fully saturated rings. The van der Waals surface area contributed by atoms with Gasteiger partial charge in [0.15, 0.2) is 0 Å². The van der Waals surface area contributed by atoms with Crippen molar-refractivity contribution in [1.29, 1.82) is 0 Å². The van der Waals surface area contributed by atoms with Crippen molar-refractivity contribution in [3.63, 3.8) is 0 Å². The largest absolute Gasteiger partial charge is 0.302 e. The summed E-state index contributed by atoms with van der Waals surface area (Å²) in [7, 11) is 0. The van der Waals surface area contributed by atoms with E-state index in [1.165, 1.54) is 35.4 Å². The van der Waals surface area contributed by atoms with Crippen molar-refractivity contribution in [2.75, 3.05) is 0 Å². The van der Waals surface area contributed by atoms with Gasteiger partial charge in [-0.25, -0.2) is 0 Å². The van der Waals surface area contributed by atoms with Gasteiger partial charge in [-0.15, -0.1) is 22.7 Å². The highest BCUT2D eigenvalue weighted by Gasteiger charge is 2.26. The minimum absolute atomic E-state index is 0.295. The van der Waals surface area contributed by atoms with Crippen LogP contribution in [0.25, 0.3) is 0 Å². The van der Waals surface area contributed by atoms with Crippen LogP contribution >= 0.6 is 34.3 Å². The summed E-state index contributed by atoms with van der Waals surface area (Å²) in [5, 5.41) is 6.01. The van der Waals surface area contributed by atoms with Gasteiger partial charge in [0.1, 0.15) is 0 Å². The molecule has 0 saturated heterocycles. The van der Waals surface area contributed by atoms with Gasteiger partial charge in [-0.1, -0.05) is 30.5 Å². The van der Waals surface area contributed by atoms with Crippen molar-refractivity contribution in [2.24, 2.45) is 5.92 Å². The second kappa shape index (κ2) is 6.61. The van der Waals surface area contributed by atoms with Crippen molar-refractivity contribution in [3.8, 4) is 0 Å². The third-order valence-corrected chi connectivity index (χ3v) is 6.48. The summed E-state index contributed by atoms with van der Waals surface area (Å²) in [4.78, 5) is 2.70. The molecule has 0 amide bonds. The molecule has 0 spiro atoms. The summed E-state index contributed by atoms with van der Waals surface area (Å²) in [6.45, 7) is 2.34. The van der Waals surface area contributed by atoms with Crippen LogP contribution in [0.4, 0.5) is 0 Å². The van der Waals surface area contributed by atoms with E-state index >= 15 is 0 Å². The average Bonchev–Trinajstić information content (AvgIpc) is 3.17. The van der Waals surface area contributed by atoms with Gasteiger partial charge in [0.25, 0.3) is 0 Å². The van der Waals surface area contributed by atoms with E-state index < -0.39 is 0 Å². The Morgan fingerprint density at radius 3 is 2.60 bits per heavy atom. The van der Waals surface area contributed by atoms with Crippen LogP contribution in [0.3, 0.4) is 0 Å². The second-order valence-electron chi connectivity index (χ2n) is 5.59. The molecule has 20 heavy (non-hydrogen) atoms. The van der Waals surface area contributed by atoms with Crippen LogP contribution in [-0.2, 0) is 0 Å². The predicted octanol–water partition coefficient (Wildman–Crippen LogP) is 5.72. The molecule has 0 bridgehead atoms.